The Labute approximate surface area is 97.0 Å². The van der Waals surface area contributed by atoms with E-state index >= 15 is 0 Å². The van der Waals surface area contributed by atoms with Gasteiger partial charge >= 0.3 is 12.1 Å². The first-order chi connectivity index (χ1) is 8.10. The second-order valence-electron chi connectivity index (χ2n) is 2.79. The molecular weight excluding hydrogens is 236 g/mol. The zero-order chi connectivity index (χ0) is 13.3. The van der Waals surface area contributed by atoms with Gasteiger partial charge in [0.25, 0.3) is 0 Å². The van der Waals surface area contributed by atoms with E-state index in [1.807, 2.05) is 0 Å². The summed E-state index contributed by atoms with van der Waals surface area (Å²) in [5.74, 6) is 0. The van der Waals surface area contributed by atoms with Crippen LogP contribution in [0.3, 0.4) is 0 Å². The van der Waals surface area contributed by atoms with Crippen LogP contribution in [-0.2, 0) is 0 Å². The van der Waals surface area contributed by atoms with Crippen molar-refractivity contribution >= 4 is 12.1 Å². The summed E-state index contributed by atoms with van der Waals surface area (Å²) < 4.78 is 0. The SMILES string of the molecule is O=C(NCNC(=O)N(CO)CO)N(CO)CO. The third-order valence-electron chi connectivity index (χ3n) is 1.74. The van der Waals surface area contributed by atoms with E-state index in [2.05, 4.69) is 10.6 Å². The lowest BCUT2D eigenvalue weighted by Gasteiger charge is -2.20. The van der Waals surface area contributed by atoms with Gasteiger partial charge in [-0.05, 0) is 0 Å². The molecule has 0 aliphatic heterocycles. The number of amides is 4. The highest BCUT2D eigenvalue weighted by atomic mass is 16.3. The normalized spacial score (nSPS) is 9.65. The predicted molar refractivity (Wildman–Crippen MR) is 54.0 cm³/mol. The van der Waals surface area contributed by atoms with Crippen molar-refractivity contribution in [1.82, 2.24) is 20.4 Å². The van der Waals surface area contributed by atoms with Gasteiger partial charge in [0.1, 0.15) is 26.9 Å². The fourth-order valence-corrected chi connectivity index (χ4v) is 0.765. The number of carbonyl (C=O) groups excluding carboxylic acids is 2. The maximum Gasteiger partial charge on any atom is 0.322 e. The third kappa shape index (κ3) is 5.31. The van der Waals surface area contributed by atoms with E-state index < -0.39 is 39.0 Å². The molecule has 4 amide bonds. The van der Waals surface area contributed by atoms with Crippen LogP contribution in [0.1, 0.15) is 0 Å². The molecule has 0 spiro atoms. The molecule has 0 saturated heterocycles. The van der Waals surface area contributed by atoms with Crippen LogP contribution in [-0.4, -0.2) is 75.9 Å². The molecule has 0 rings (SSSR count). The van der Waals surface area contributed by atoms with E-state index in [0.29, 0.717) is 9.80 Å². The number of carbonyl (C=O) groups is 2. The van der Waals surface area contributed by atoms with Crippen molar-refractivity contribution in [3.8, 4) is 0 Å². The first-order valence-corrected chi connectivity index (χ1v) is 4.59. The van der Waals surface area contributed by atoms with Crippen molar-refractivity contribution in [2.45, 2.75) is 0 Å². The summed E-state index contributed by atoms with van der Waals surface area (Å²) in [6.45, 7) is -2.97. The summed E-state index contributed by atoms with van der Waals surface area (Å²) >= 11 is 0. The van der Waals surface area contributed by atoms with E-state index in [1.165, 1.54) is 0 Å². The Bertz CT molecular complexity index is 219. The summed E-state index contributed by atoms with van der Waals surface area (Å²) in [4.78, 5) is 23.6. The molecule has 0 atom stereocenters. The molecule has 0 aromatic rings. The average Bonchev–Trinajstić information content (AvgIpc) is 2.32. The molecule has 0 fully saturated rings. The van der Waals surface area contributed by atoms with Crippen molar-refractivity contribution < 1.29 is 30.0 Å². The topological polar surface area (TPSA) is 146 Å². The number of hydrogen-bond donors (Lipinski definition) is 6. The third-order valence-corrected chi connectivity index (χ3v) is 1.74. The van der Waals surface area contributed by atoms with Gasteiger partial charge in [-0.25, -0.2) is 9.59 Å². The number of nitrogens with zero attached hydrogens (tertiary/aromatic N) is 2. The molecule has 6 N–H and O–H groups in total. The maximum atomic E-state index is 11.1. The van der Waals surface area contributed by atoms with Gasteiger partial charge in [0, 0.05) is 0 Å². The van der Waals surface area contributed by atoms with Crippen LogP contribution in [0, 0.1) is 0 Å². The lowest BCUT2D eigenvalue weighted by Crippen LogP contribution is -2.49. The van der Waals surface area contributed by atoms with Gasteiger partial charge < -0.3 is 31.1 Å². The fraction of sp³-hybridized carbons (Fsp3) is 0.714. The second-order valence-corrected chi connectivity index (χ2v) is 2.79. The molecule has 0 aliphatic carbocycles. The lowest BCUT2D eigenvalue weighted by molar-refractivity contribution is 0.0543. The van der Waals surface area contributed by atoms with Crippen molar-refractivity contribution in [2.75, 3.05) is 33.6 Å². The molecule has 0 heterocycles. The first-order valence-electron chi connectivity index (χ1n) is 4.59. The Morgan fingerprint density at radius 3 is 1.29 bits per heavy atom. The highest BCUT2D eigenvalue weighted by Gasteiger charge is 2.12. The van der Waals surface area contributed by atoms with E-state index in [4.69, 9.17) is 20.4 Å². The van der Waals surface area contributed by atoms with Crippen LogP contribution in [0.25, 0.3) is 0 Å². The molecule has 0 radical (unpaired) electrons. The minimum atomic E-state index is -0.783. The molecule has 10 heteroatoms. The number of urea groups is 2. The van der Waals surface area contributed by atoms with E-state index in [0.717, 1.165) is 0 Å². The van der Waals surface area contributed by atoms with Crippen molar-refractivity contribution in [2.24, 2.45) is 0 Å². The molecule has 0 bridgehead atoms. The van der Waals surface area contributed by atoms with Crippen LogP contribution < -0.4 is 10.6 Å². The molecule has 0 unspecified atom stereocenters. The van der Waals surface area contributed by atoms with E-state index in [9.17, 15) is 9.59 Å². The van der Waals surface area contributed by atoms with Gasteiger partial charge in [-0.2, -0.15) is 0 Å². The zero-order valence-corrected chi connectivity index (χ0v) is 9.04. The Kier molecular flexibility index (Phi) is 7.71. The van der Waals surface area contributed by atoms with Gasteiger partial charge in [-0.15, -0.1) is 0 Å². The van der Waals surface area contributed by atoms with Crippen LogP contribution in [0.4, 0.5) is 9.59 Å². The average molecular weight is 252 g/mol. The summed E-state index contributed by atoms with van der Waals surface area (Å²) in [6.07, 6.45) is 0. The molecule has 100 valence electrons. The number of nitrogens with one attached hydrogen (secondary N) is 2. The molecule has 10 nitrogen and oxygen atoms in total. The summed E-state index contributed by atoms with van der Waals surface area (Å²) in [6, 6.07) is -1.57. The van der Waals surface area contributed by atoms with Crippen LogP contribution in [0.15, 0.2) is 0 Å². The van der Waals surface area contributed by atoms with Crippen molar-refractivity contribution in [1.29, 1.82) is 0 Å². The molecule has 17 heavy (non-hydrogen) atoms. The van der Waals surface area contributed by atoms with Crippen LogP contribution >= 0.6 is 0 Å². The van der Waals surface area contributed by atoms with E-state index in [1.54, 1.807) is 0 Å². The van der Waals surface area contributed by atoms with Gasteiger partial charge in [-0.3, -0.25) is 9.80 Å². The minimum Gasteiger partial charge on any atom is -0.376 e. The molecular formula is C7H16N4O6. The highest BCUT2D eigenvalue weighted by molar-refractivity contribution is 5.76. The van der Waals surface area contributed by atoms with E-state index in [-0.39, 0.29) is 6.67 Å². The smallest absolute Gasteiger partial charge is 0.322 e. The lowest BCUT2D eigenvalue weighted by atomic mass is 10.7. The Hall–Kier alpha value is -1.62. The fourth-order valence-electron chi connectivity index (χ4n) is 0.765. The van der Waals surface area contributed by atoms with Gasteiger partial charge in [0.2, 0.25) is 0 Å². The molecule has 0 aromatic carbocycles. The molecule has 0 aliphatic rings. The Morgan fingerprint density at radius 1 is 0.765 bits per heavy atom. The van der Waals surface area contributed by atoms with Gasteiger partial charge in [-0.1, -0.05) is 0 Å². The zero-order valence-electron chi connectivity index (χ0n) is 9.04. The summed E-state index contributed by atoms with van der Waals surface area (Å²) in [5.41, 5.74) is 0. The van der Waals surface area contributed by atoms with Crippen molar-refractivity contribution in [3.63, 3.8) is 0 Å². The molecule has 0 aromatic heterocycles. The second kappa shape index (κ2) is 8.52. The monoisotopic (exact) mass is 252 g/mol. The number of rotatable bonds is 6. The first kappa shape index (κ1) is 15.4. The standard InChI is InChI=1S/C7H16N4O6/c12-2-10(3-13)6(16)8-1-9-7(17)11(4-14)5-15/h12-15H,1-5H2,(H,8,16)(H,9,17). The van der Waals surface area contributed by atoms with Gasteiger partial charge in [0.15, 0.2) is 0 Å². The number of hydrogen-bond acceptors (Lipinski definition) is 6. The van der Waals surface area contributed by atoms with Gasteiger partial charge in [0.05, 0.1) is 6.67 Å². The summed E-state index contributed by atoms with van der Waals surface area (Å²) in [7, 11) is 0. The Balaban J connectivity index is 3.90. The van der Waals surface area contributed by atoms with Crippen LogP contribution in [0.5, 0.6) is 0 Å². The Morgan fingerprint density at radius 2 is 1.06 bits per heavy atom. The predicted octanol–water partition coefficient (Wildman–Crippen LogP) is -3.23. The molecule has 0 saturated carbocycles. The van der Waals surface area contributed by atoms with Crippen molar-refractivity contribution in [3.05, 3.63) is 0 Å². The largest absolute Gasteiger partial charge is 0.376 e. The maximum absolute atomic E-state index is 11.1. The number of aliphatic hydroxyl groups is 4. The highest BCUT2D eigenvalue weighted by Crippen LogP contribution is 1.85. The number of aliphatic hydroxyl groups excluding tert-OH is 4. The van der Waals surface area contributed by atoms with Crippen LogP contribution in [0.2, 0.25) is 0 Å². The summed E-state index contributed by atoms with van der Waals surface area (Å²) in [5, 5.41) is 38.8. The minimum absolute atomic E-state index is 0.287. The quantitative estimate of drug-likeness (QED) is 0.274.